The lowest BCUT2D eigenvalue weighted by Gasteiger charge is -2.07. The van der Waals surface area contributed by atoms with Gasteiger partial charge >= 0.3 is 0 Å². The Hall–Kier alpha value is -2.92. The first-order valence-corrected chi connectivity index (χ1v) is 7.70. The fourth-order valence-corrected chi connectivity index (χ4v) is 2.38. The van der Waals surface area contributed by atoms with Gasteiger partial charge in [0.05, 0.1) is 18.4 Å². The minimum absolute atomic E-state index is 0.107. The summed E-state index contributed by atoms with van der Waals surface area (Å²) in [4.78, 5) is 16.5. The van der Waals surface area contributed by atoms with Crippen molar-refractivity contribution in [1.82, 2.24) is 10.3 Å². The van der Waals surface area contributed by atoms with E-state index in [0.29, 0.717) is 22.8 Å². The molecule has 3 rings (SSSR count). The summed E-state index contributed by atoms with van der Waals surface area (Å²) in [6.45, 7) is 2.12. The number of rotatable bonds is 5. The first kappa shape index (κ1) is 16.0. The quantitative estimate of drug-likeness (QED) is 0.757. The van der Waals surface area contributed by atoms with Gasteiger partial charge in [-0.15, -0.1) is 0 Å². The zero-order valence-corrected chi connectivity index (χ0v) is 13.3. The Kier molecular flexibility index (Phi) is 4.72. The fraction of sp³-hybridized carbons (Fsp3) is 0.158. The van der Waals surface area contributed by atoms with E-state index in [1.807, 2.05) is 37.3 Å². The molecule has 1 heterocycles. The van der Waals surface area contributed by atoms with Gasteiger partial charge in [-0.05, 0) is 19.1 Å². The number of oxazole rings is 1. The molecule has 0 bridgehead atoms. The van der Waals surface area contributed by atoms with Crippen LogP contribution >= 0.6 is 0 Å². The second-order valence-corrected chi connectivity index (χ2v) is 5.42. The van der Waals surface area contributed by atoms with Crippen LogP contribution in [0.4, 0.5) is 0 Å². The lowest BCUT2D eigenvalue weighted by atomic mass is 10.1. The molecular weight excluding hydrogens is 304 g/mol. The number of hydrogen-bond acceptors (Lipinski definition) is 4. The molecule has 0 atom stereocenters. The molecule has 0 fully saturated rings. The van der Waals surface area contributed by atoms with Gasteiger partial charge in [-0.3, -0.25) is 4.79 Å². The fourth-order valence-electron chi connectivity index (χ4n) is 2.38. The van der Waals surface area contributed by atoms with Crippen LogP contribution in [0, 0.1) is 6.92 Å². The minimum Gasteiger partial charge on any atom is -0.436 e. The number of amides is 1. The molecule has 3 aromatic rings. The van der Waals surface area contributed by atoms with Crippen molar-refractivity contribution in [2.24, 2.45) is 0 Å². The number of hydrogen-bond donors (Lipinski definition) is 2. The van der Waals surface area contributed by atoms with E-state index in [2.05, 4.69) is 10.3 Å². The molecule has 5 heteroatoms. The molecule has 0 spiro atoms. The Morgan fingerprint density at radius 2 is 1.92 bits per heavy atom. The van der Waals surface area contributed by atoms with Gasteiger partial charge in [0.1, 0.15) is 0 Å². The molecule has 0 unspecified atom stereocenters. The highest BCUT2D eigenvalue weighted by Gasteiger charge is 2.16. The third-order valence-corrected chi connectivity index (χ3v) is 3.64. The standard InChI is InChI=1S/C19H18N2O3/c1-13-6-8-14(9-7-13)17-12-21-19(24-17)16-5-3-2-4-15(16)18(23)20-10-11-22/h2-9,12,22H,10-11H2,1H3,(H,20,23). The maximum atomic E-state index is 12.2. The Labute approximate surface area is 140 Å². The predicted molar refractivity (Wildman–Crippen MR) is 91.5 cm³/mol. The molecule has 0 radical (unpaired) electrons. The third kappa shape index (κ3) is 3.36. The molecule has 0 saturated carbocycles. The summed E-state index contributed by atoms with van der Waals surface area (Å²) in [5.74, 6) is 0.769. The molecule has 1 amide bonds. The summed E-state index contributed by atoms with van der Waals surface area (Å²) >= 11 is 0. The van der Waals surface area contributed by atoms with E-state index in [-0.39, 0.29) is 19.1 Å². The molecule has 24 heavy (non-hydrogen) atoms. The second kappa shape index (κ2) is 7.10. The van der Waals surface area contributed by atoms with Crippen molar-refractivity contribution in [3.63, 3.8) is 0 Å². The van der Waals surface area contributed by atoms with E-state index in [1.54, 1.807) is 24.4 Å². The van der Waals surface area contributed by atoms with Crippen LogP contribution in [0.5, 0.6) is 0 Å². The summed E-state index contributed by atoms with van der Waals surface area (Å²) < 4.78 is 5.85. The number of benzene rings is 2. The molecule has 5 nitrogen and oxygen atoms in total. The summed E-state index contributed by atoms with van der Waals surface area (Å²) in [5, 5.41) is 11.5. The first-order valence-electron chi connectivity index (χ1n) is 7.70. The number of carbonyl (C=O) groups is 1. The molecule has 0 saturated heterocycles. The Balaban J connectivity index is 1.93. The van der Waals surface area contributed by atoms with Crippen LogP contribution in [-0.4, -0.2) is 29.1 Å². The normalized spacial score (nSPS) is 10.6. The van der Waals surface area contributed by atoms with Crippen molar-refractivity contribution in [3.05, 3.63) is 65.9 Å². The SMILES string of the molecule is Cc1ccc(-c2cnc(-c3ccccc3C(=O)NCCO)o2)cc1. The molecule has 1 aromatic heterocycles. The number of nitrogens with zero attached hydrogens (tertiary/aromatic N) is 1. The van der Waals surface area contributed by atoms with Crippen molar-refractivity contribution in [3.8, 4) is 22.8 Å². The van der Waals surface area contributed by atoms with Gasteiger partial charge in [0.15, 0.2) is 5.76 Å². The highest BCUT2D eigenvalue weighted by atomic mass is 16.4. The van der Waals surface area contributed by atoms with Crippen LogP contribution in [0.1, 0.15) is 15.9 Å². The molecule has 0 aliphatic rings. The highest BCUT2D eigenvalue weighted by molar-refractivity contribution is 6.00. The van der Waals surface area contributed by atoms with Gasteiger partial charge in [0.2, 0.25) is 5.89 Å². The smallest absolute Gasteiger partial charge is 0.252 e. The number of nitrogens with one attached hydrogen (secondary N) is 1. The van der Waals surface area contributed by atoms with E-state index in [4.69, 9.17) is 9.52 Å². The van der Waals surface area contributed by atoms with Gasteiger partial charge in [0.25, 0.3) is 5.91 Å². The van der Waals surface area contributed by atoms with E-state index < -0.39 is 0 Å². The van der Waals surface area contributed by atoms with Gasteiger partial charge in [-0.2, -0.15) is 0 Å². The number of aryl methyl sites for hydroxylation is 1. The number of aliphatic hydroxyl groups excluding tert-OH is 1. The second-order valence-electron chi connectivity index (χ2n) is 5.42. The Morgan fingerprint density at radius 3 is 2.67 bits per heavy atom. The maximum absolute atomic E-state index is 12.2. The van der Waals surface area contributed by atoms with E-state index >= 15 is 0 Å². The third-order valence-electron chi connectivity index (χ3n) is 3.64. The van der Waals surface area contributed by atoms with E-state index in [0.717, 1.165) is 5.56 Å². The van der Waals surface area contributed by atoms with Crippen LogP contribution in [0.15, 0.2) is 59.1 Å². The average Bonchev–Trinajstić information content (AvgIpc) is 3.10. The largest absolute Gasteiger partial charge is 0.436 e. The van der Waals surface area contributed by atoms with Crippen molar-refractivity contribution < 1.29 is 14.3 Å². The zero-order valence-electron chi connectivity index (χ0n) is 13.3. The van der Waals surface area contributed by atoms with Crippen LogP contribution in [0.3, 0.4) is 0 Å². The lowest BCUT2D eigenvalue weighted by molar-refractivity contribution is 0.0945. The monoisotopic (exact) mass is 322 g/mol. The van der Waals surface area contributed by atoms with Crippen LogP contribution in [-0.2, 0) is 0 Å². The summed E-state index contributed by atoms with van der Waals surface area (Å²) in [5.41, 5.74) is 3.18. The van der Waals surface area contributed by atoms with Crippen molar-refractivity contribution in [2.45, 2.75) is 6.92 Å². The van der Waals surface area contributed by atoms with E-state index in [1.165, 1.54) is 5.56 Å². The number of carbonyl (C=O) groups excluding carboxylic acids is 1. The van der Waals surface area contributed by atoms with Crippen LogP contribution in [0.2, 0.25) is 0 Å². The van der Waals surface area contributed by atoms with Crippen molar-refractivity contribution in [1.29, 1.82) is 0 Å². The predicted octanol–water partition coefficient (Wildman–Crippen LogP) is 3.04. The molecule has 122 valence electrons. The van der Waals surface area contributed by atoms with Gasteiger partial charge in [-0.25, -0.2) is 4.98 Å². The molecule has 2 N–H and O–H groups in total. The van der Waals surface area contributed by atoms with E-state index in [9.17, 15) is 4.79 Å². The van der Waals surface area contributed by atoms with Crippen LogP contribution in [0.25, 0.3) is 22.8 Å². The molecular formula is C19H18N2O3. The lowest BCUT2D eigenvalue weighted by Crippen LogP contribution is -2.26. The van der Waals surface area contributed by atoms with Crippen LogP contribution < -0.4 is 5.32 Å². The number of aliphatic hydroxyl groups is 1. The van der Waals surface area contributed by atoms with Crippen molar-refractivity contribution in [2.75, 3.05) is 13.2 Å². The minimum atomic E-state index is -0.269. The van der Waals surface area contributed by atoms with Gasteiger partial charge in [0, 0.05) is 17.7 Å². The molecule has 0 aliphatic heterocycles. The van der Waals surface area contributed by atoms with Crippen molar-refractivity contribution >= 4 is 5.91 Å². The first-order chi connectivity index (χ1) is 11.7. The van der Waals surface area contributed by atoms with Gasteiger partial charge in [-0.1, -0.05) is 42.0 Å². The summed E-state index contributed by atoms with van der Waals surface area (Å²) in [6, 6.07) is 15.1. The molecule has 0 aliphatic carbocycles. The Morgan fingerprint density at radius 1 is 1.17 bits per heavy atom. The summed E-state index contributed by atoms with van der Waals surface area (Å²) in [6.07, 6.45) is 1.66. The highest BCUT2D eigenvalue weighted by Crippen LogP contribution is 2.28. The topological polar surface area (TPSA) is 75.4 Å². The Bertz CT molecular complexity index is 838. The maximum Gasteiger partial charge on any atom is 0.252 e. The zero-order chi connectivity index (χ0) is 16.9. The molecule has 2 aromatic carbocycles. The summed E-state index contributed by atoms with van der Waals surface area (Å²) in [7, 11) is 0. The van der Waals surface area contributed by atoms with Gasteiger partial charge < -0.3 is 14.8 Å². The average molecular weight is 322 g/mol. The number of aromatic nitrogens is 1.